The third-order valence-electron chi connectivity index (χ3n) is 3.60. The van der Waals surface area contributed by atoms with Crippen molar-refractivity contribution in [3.8, 4) is 11.4 Å². The number of tetrazole rings is 1. The minimum absolute atomic E-state index is 0.0494. The molecular formula is C17H15Cl2N5O. The average Bonchev–Trinajstić information content (AvgIpc) is 3.03. The molecule has 0 aliphatic heterocycles. The largest absolute Gasteiger partial charge is 0.348 e. The third-order valence-corrected chi connectivity index (χ3v) is 4.28. The van der Waals surface area contributed by atoms with Gasteiger partial charge in [-0.15, -0.1) is 10.2 Å². The number of carbonyl (C=O) groups is 1. The second kappa shape index (κ2) is 7.63. The predicted octanol–water partition coefficient (Wildman–Crippen LogP) is 3.52. The highest BCUT2D eigenvalue weighted by Gasteiger charge is 2.15. The maximum absolute atomic E-state index is 12.2. The lowest BCUT2D eigenvalue weighted by atomic mass is 10.1. The van der Waals surface area contributed by atoms with Crippen LogP contribution in [0.15, 0.2) is 48.5 Å². The molecule has 8 heteroatoms. The topological polar surface area (TPSA) is 72.7 Å². The van der Waals surface area contributed by atoms with Crippen LogP contribution in [0.3, 0.4) is 0 Å². The smallest absolute Gasteiger partial charge is 0.244 e. The molecule has 0 saturated heterocycles. The SMILES string of the molecule is C[C@H](NC(=O)Cn1nnc(-c2ccccc2Cl)n1)c1ccccc1Cl. The van der Waals surface area contributed by atoms with Gasteiger partial charge >= 0.3 is 0 Å². The molecular weight excluding hydrogens is 361 g/mol. The Labute approximate surface area is 154 Å². The lowest BCUT2D eigenvalue weighted by Gasteiger charge is -2.15. The molecule has 0 radical (unpaired) electrons. The summed E-state index contributed by atoms with van der Waals surface area (Å²) in [6.07, 6.45) is 0. The van der Waals surface area contributed by atoms with Crippen molar-refractivity contribution in [1.82, 2.24) is 25.5 Å². The Morgan fingerprint density at radius 1 is 1.12 bits per heavy atom. The fourth-order valence-corrected chi connectivity index (χ4v) is 2.90. The Morgan fingerprint density at radius 2 is 1.80 bits per heavy atom. The number of carbonyl (C=O) groups excluding carboxylic acids is 1. The second-order valence-corrected chi connectivity index (χ2v) is 6.25. The van der Waals surface area contributed by atoms with E-state index < -0.39 is 0 Å². The van der Waals surface area contributed by atoms with Crippen molar-refractivity contribution in [2.75, 3.05) is 0 Å². The molecule has 1 heterocycles. The zero-order chi connectivity index (χ0) is 17.8. The number of nitrogens with one attached hydrogen (secondary N) is 1. The first kappa shape index (κ1) is 17.4. The van der Waals surface area contributed by atoms with Crippen molar-refractivity contribution in [3.63, 3.8) is 0 Å². The van der Waals surface area contributed by atoms with Crippen molar-refractivity contribution < 1.29 is 4.79 Å². The van der Waals surface area contributed by atoms with Crippen molar-refractivity contribution in [2.45, 2.75) is 19.5 Å². The number of amides is 1. The van der Waals surface area contributed by atoms with Crippen LogP contribution < -0.4 is 5.32 Å². The van der Waals surface area contributed by atoms with Crippen LogP contribution in [0, 0.1) is 0 Å². The molecule has 0 spiro atoms. The Kier molecular flexibility index (Phi) is 5.31. The Morgan fingerprint density at radius 3 is 2.52 bits per heavy atom. The van der Waals surface area contributed by atoms with E-state index in [0.29, 0.717) is 21.4 Å². The molecule has 0 fully saturated rings. The van der Waals surface area contributed by atoms with Gasteiger partial charge in [0.1, 0.15) is 6.54 Å². The van der Waals surface area contributed by atoms with Gasteiger partial charge in [-0.05, 0) is 35.9 Å². The highest BCUT2D eigenvalue weighted by Crippen LogP contribution is 2.24. The molecule has 0 unspecified atom stereocenters. The van der Waals surface area contributed by atoms with E-state index in [1.165, 1.54) is 4.80 Å². The predicted molar refractivity (Wildman–Crippen MR) is 96.3 cm³/mol. The molecule has 1 N–H and O–H groups in total. The zero-order valence-electron chi connectivity index (χ0n) is 13.4. The molecule has 2 aromatic carbocycles. The average molecular weight is 376 g/mol. The van der Waals surface area contributed by atoms with Crippen LogP contribution in [-0.2, 0) is 11.3 Å². The van der Waals surface area contributed by atoms with Gasteiger partial charge in [-0.3, -0.25) is 4.79 Å². The Hall–Kier alpha value is -2.44. The summed E-state index contributed by atoms with van der Waals surface area (Å²) in [6, 6.07) is 14.3. The van der Waals surface area contributed by atoms with Crippen molar-refractivity contribution in [2.24, 2.45) is 0 Å². The normalized spacial score (nSPS) is 12.0. The molecule has 3 aromatic rings. The molecule has 0 bridgehead atoms. The molecule has 1 atom stereocenters. The summed E-state index contributed by atoms with van der Waals surface area (Å²) in [5, 5.41) is 16.1. The van der Waals surface area contributed by atoms with Gasteiger partial charge in [0.2, 0.25) is 11.7 Å². The molecule has 0 saturated carbocycles. The van der Waals surface area contributed by atoms with Gasteiger partial charge in [-0.25, -0.2) is 0 Å². The van der Waals surface area contributed by atoms with Crippen molar-refractivity contribution >= 4 is 29.1 Å². The summed E-state index contributed by atoms with van der Waals surface area (Å²) < 4.78 is 0. The van der Waals surface area contributed by atoms with Gasteiger partial charge in [0.15, 0.2) is 0 Å². The molecule has 128 valence electrons. The lowest BCUT2D eigenvalue weighted by Crippen LogP contribution is -2.31. The van der Waals surface area contributed by atoms with E-state index in [9.17, 15) is 4.79 Å². The number of hydrogen-bond acceptors (Lipinski definition) is 4. The molecule has 0 aliphatic carbocycles. The first-order chi connectivity index (χ1) is 12.0. The van der Waals surface area contributed by atoms with Gasteiger partial charge in [0, 0.05) is 10.6 Å². The van der Waals surface area contributed by atoms with Crippen molar-refractivity contribution in [3.05, 3.63) is 64.1 Å². The van der Waals surface area contributed by atoms with Crippen LogP contribution in [-0.4, -0.2) is 26.1 Å². The fourth-order valence-electron chi connectivity index (χ4n) is 2.38. The Bertz CT molecular complexity index is 896. The van der Waals surface area contributed by atoms with Gasteiger partial charge in [-0.2, -0.15) is 4.80 Å². The first-order valence-electron chi connectivity index (χ1n) is 7.61. The number of rotatable bonds is 5. The monoisotopic (exact) mass is 375 g/mol. The van der Waals surface area contributed by atoms with Gasteiger partial charge in [0.05, 0.1) is 11.1 Å². The highest BCUT2D eigenvalue weighted by molar-refractivity contribution is 6.33. The van der Waals surface area contributed by atoms with E-state index in [1.54, 1.807) is 18.2 Å². The number of aromatic nitrogens is 4. The minimum Gasteiger partial charge on any atom is -0.348 e. The summed E-state index contributed by atoms with van der Waals surface area (Å²) in [5.41, 5.74) is 1.51. The maximum atomic E-state index is 12.2. The van der Waals surface area contributed by atoms with E-state index in [0.717, 1.165) is 5.56 Å². The quantitative estimate of drug-likeness (QED) is 0.740. The summed E-state index contributed by atoms with van der Waals surface area (Å²) in [5.74, 6) is 0.132. The maximum Gasteiger partial charge on any atom is 0.244 e. The van der Waals surface area contributed by atoms with E-state index in [1.807, 2.05) is 37.3 Å². The van der Waals surface area contributed by atoms with Crippen LogP contribution in [0.25, 0.3) is 11.4 Å². The standard InChI is InChI=1S/C17H15Cl2N5O/c1-11(12-6-2-4-8-14(12)18)20-16(25)10-24-22-17(21-23-24)13-7-3-5-9-15(13)19/h2-9,11H,10H2,1H3,(H,20,25)/t11-/m0/s1. The fraction of sp³-hybridized carbons (Fsp3) is 0.176. The second-order valence-electron chi connectivity index (χ2n) is 5.43. The molecule has 3 rings (SSSR count). The van der Waals surface area contributed by atoms with E-state index in [-0.39, 0.29) is 18.5 Å². The van der Waals surface area contributed by atoms with Crippen LogP contribution in [0.5, 0.6) is 0 Å². The number of hydrogen-bond donors (Lipinski definition) is 1. The summed E-state index contributed by atoms with van der Waals surface area (Å²) in [7, 11) is 0. The summed E-state index contributed by atoms with van der Waals surface area (Å²) in [6.45, 7) is 1.81. The summed E-state index contributed by atoms with van der Waals surface area (Å²) >= 11 is 12.3. The minimum atomic E-state index is -0.240. The van der Waals surface area contributed by atoms with E-state index in [4.69, 9.17) is 23.2 Å². The van der Waals surface area contributed by atoms with Crippen LogP contribution in [0.2, 0.25) is 10.0 Å². The molecule has 6 nitrogen and oxygen atoms in total. The summed E-state index contributed by atoms with van der Waals surface area (Å²) in [4.78, 5) is 13.4. The van der Waals surface area contributed by atoms with Crippen LogP contribution in [0.1, 0.15) is 18.5 Å². The Balaban J connectivity index is 1.66. The molecule has 1 amide bonds. The van der Waals surface area contributed by atoms with Crippen molar-refractivity contribution in [1.29, 1.82) is 0 Å². The van der Waals surface area contributed by atoms with Gasteiger partial charge < -0.3 is 5.32 Å². The molecule has 0 aliphatic rings. The molecule has 1 aromatic heterocycles. The van der Waals surface area contributed by atoms with Gasteiger partial charge in [0.25, 0.3) is 0 Å². The zero-order valence-corrected chi connectivity index (χ0v) is 14.9. The number of benzene rings is 2. The number of nitrogens with zero attached hydrogens (tertiary/aromatic N) is 4. The van der Waals surface area contributed by atoms with E-state index >= 15 is 0 Å². The first-order valence-corrected chi connectivity index (χ1v) is 8.36. The van der Waals surface area contributed by atoms with Crippen LogP contribution in [0.4, 0.5) is 0 Å². The lowest BCUT2D eigenvalue weighted by molar-refractivity contribution is -0.122. The van der Waals surface area contributed by atoms with Crippen LogP contribution >= 0.6 is 23.2 Å². The molecule has 25 heavy (non-hydrogen) atoms. The van der Waals surface area contributed by atoms with Gasteiger partial charge in [-0.1, -0.05) is 53.5 Å². The highest BCUT2D eigenvalue weighted by atomic mass is 35.5. The number of halogens is 2. The van der Waals surface area contributed by atoms with E-state index in [2.05, 4.69) is 20.7 Å². The third kappa shape index (κ3) is 4.15.